The van der Waals surface area contributed by atoms with Gasteiger partial charge in [-0.15, -0.1) is 0 Å². The lowest BCUT2D eigenvalue weighted by Gasteiger charge is -2.41. The van der Waals surface area contributed by atoms with Crippen molar-refractivity contribution >= 4 is 21.7 Å². The molecule has 0 atom stereocenters. The number of carbonyl (C=O) groups excluding carboxylic acids is 1. The van der Waals surface area contributed by atoms with E-state index in [9.17, 15) is 26.4 Å². The minimum absolute atomic E-state index is 0.0477. The third-order valence-electron chi connectivity index (χ3n) is 5.81. The van der Waals surface area contributed by atoms with E-state index in [1.807, 2.05) is 4.90 Å². The number of rotatable bonds is 8. The van der Waals surface area contributed by atoms with Crippen LogP contribution in [0.25, 0.3) is 0 Å². The second kappa shape index (κ2) is 10.4. The van der Waals surface area contributed by atoms with E-state index in [-0.39, 0.29) is 52.2 Å². The van der Waals surface area contributed by atoms with E-state index in [1.165, 1.54) is 16.0 Å². The van der Waals surface area contributed by atoms with Crippen molar-refractivity contribution in [3.05, 3.63) is 18.3 Å². The van der Waals surface area contributed by atoms with Crippen LogP contribution in [0.1, 0.15) is 25.7 Å². The Kier molecular flexibility index (Phi) is 8.03. The monoisotopic (exact) mass is 496 g/mol. The number of pyridine rings is 1. The molecule has 1 amide bonds. The zero-order chi connectivity index (χ0) is 24.1. The molecule has 0 radical (unpaired) electrons. The number of hydroxylamine groups is 1. The molecule has 0 saturated carbocycles. The number of amides is 1. The Morgan fingerprint density at radius 2 is 1.88 bits per heavy atom. The number of anilines is 1. The number of nitrogens with zero attached hydrogens (tertiary/aromatic N) is 3. The summed E-state index contributed by atoms with van der Waals surface area (Å²) >= 11 is 0. The fraction of sp³-hybridized carbons (Fsp3) is 0.684. The summed E-state index contributed by atoms with van der Waals surface area (Å²) in [6.45, 7) is 1.02. The SMILES string of the molecule is O=C(NO)C1(S(=O)(=O)N2CCN(c3ccc(OCCCC(F)(F)F)cn3)CC2)CCOCC1. The lowest BCUT2D eigenvalue weighted by molar-refractivity contribution is -0.136. The minimum Gasteiger partial charge on any atom is -0.492 e. The van der Waals surface area contributed by atoms with Crippen LogP contribution >= 0.6 is 0 Å². The van der Waals surface area contributed by atoms with Crippen LogP contribution in [0.3, 0.4) is 0 Å². The summed E-state index contributed by atoms with van der Waals surface area (Å²) in [5, 5.41) is 9.13. The van der Waals surface area contributed by atoms with E-state index in [1.54, 1.807) is 12.1 Å². The minimum atomic E-state index is -4.21. The van der Waals surface area contributed by atoms with Crippen molar-refractivity contribution in [3.63, 3.8) is 0 Å². The number of ether oxygens (including phenoxy) is 2. The maximum atomic E-state index is 13.3. The highest BCUT2D eigenvalue weighted by Crippen LogP contribution is 2.33. The Morgan fingerprint density at radius 3 is 2.42 bits per heavy atom. The average molecular weight is 497 g/mol. The molecule has 0 bridgehead atoms. The highest BCUT2D eigenvalue weighted by Gasteiger charge is 2.54. The Labute approximate surface area is 189 Å². The van der Waals surface area contributed by atoms with Crippen LogP contribution in [0.15, 0.2) is 18.3 Å². The average Bonchev–Trinajstić information content (AvgIpc) is 2.81. The van der Waals surface area contributed by atoms with E-state index in [0.717, 1.165) is 0 Å². The van der Waals surface area contributed by atoms with Gasteiger partial charge in [-0.3, -0.25) is 10.0 Å². The van der Waals surface area contributed by atoms with Gasteiger partial charge in [0.1, 0.15) is 11.6 Å². The zero-order valence-corrected chi connectivity index (χ0v) is 18.7. The maximum Gasteiger partial charge on any atom is 0.389 e. The van der Waals surface area contributed by atoms with Gasteiger partial charge in [-0.05, 0) is 18.6 Å². The fourth-order valence-electron chi connectivity index (χ4n) is 3.92. The molecule has 0 unspecified atom stereocenters. The van der Waals surface area contributed by atoms with E-state index in [4.69, 9.17) is 14.7 Å². The van der Waals surface area contributed by atoms with Crippen LogP contribution in [0, 0.1) is 0 Å². The third-order valence-corrected chi connectivity index (χ3v) is 8.43. The fourth-order valence-corrected chi connectivity index (χ4v) is 6.02. The van der Waals surface area contributed by atoms with Gasteiger partial charge in [0.25, 0.3) is 5.91 Å². The number of nitrogens with one attached hydrogen (secondary N) is 1. The van der Waals surface area contributed by atoms with Crippen LogP contribution in [0.5, 0.6) is 5.75 Å². The van der Waals surface area contributed by atoms with Crippen molar-refractivity contribution in [1.82, 2.24) is 14.8 Å². The summed E-state index contributed by atoms with van der Waals surface area (Å²) in [7, 11) is -4.06. The molecule has 3 heterocycles. The van der Waals surface area contributed by atoms with Gasteiger partial charge in [0, 0.05) is 58.7 Å². The molecule has 0 spiro atoms. The first-order valence-corrected chi connectivity index (χ1v) is 12.0. The number of piperazine rings is 1. The van der Waals surface area contributed by atoms with Gasteiger partial charge in [-0.25, -0.2) is 18.9 Å². The van der Waals surface area contributed by atoms with Crippen LogP contribution in [-0.4, -0.2) is 85.7 Å². The third kappa shape index (κ3) is 5.86. The molecule has 0 aliphatic carbocycles. The molecule has 186 valence electrons. The van der Waals surface area contributed by atoms with Crippen molar-refractivity contribution in [2.24, 2.45) is 0 Å². The number of alkyl halides is 3. The molecule has 1 aromatic rings. The van der Waals surface area contributed by atoms with Crippen LogP contribution in [0.2, 0.25) is 0 Å². The summed E-state index contributed by atoms with van der Waals surface area (Å²) in [6, 6.07) is 3.25. The summed E-state index contributed by atoms with van der Waals surface area (Å²) in [5.74, 6) is -0.0390. The molecule has 14 heteroatoms. The predicted molar refractivity (Wildman–Crippen MR) is 110 cm³/mol. The molecule has 3 rings (SSSR count). The summed E-state index contributed by atoms with van der Waals surface area (Å²) in [5.41, 5.74) is 1.50. The van der Waals surface area contributed by atoms with Crippen LogP contribution in [-0.2, 0) is 19.6 Å². The first-order chi connectivity index (χ1) is 15.6. The Hall–Kier alpha value is -2.16. The summed E-state index contributed by atoms with van der Waals surface area (Å²) in [6.07, 6.45) is -3.96. The van der Waals surface area contributed by atoms with Crippen molar-refractivity contribution in [1.29, 1.82) is 0 Å². The highest BCUT2D eigenvalue weighted by atomic mass is 32.2. The van der Waals surface area contributed by atoms with Crippen molar-refractivity contribution in [3.8, 4) is 5.75 Å². The molecule has 2 N–H and O–H groups in total. The topological polar surface area (TPSA) is 121 Å². The Balaban J connectivity index is 1.57. The van der Waals surface area contributed by atoms with Crippen molar-refractivity contribution in [2.45, 2.75) is 36.6 Å². The van der Waals surface area contributed by atoms with Gasteiger partial charge in [-0.2, -0.15) is 17.5 Å². The normalized spacial score (nSPS) is 19.8. The maximum absolute atomic E-state index is 13.3. The van der Waals surface area contributed by atoms with Gasteiger partial charge >= 0.3 is 6.18 Å². The molecular formula is C19H27F3N4O6S. The first-order valence-electron chi connectivity index (χ1n) is 10.5. The molecule has 2 fully saturated rings. The van der Waals surface area contributed by atoms with Gasteiger partial charge in [-0.1, -0.05) is 0 Å². The number of hydrogen-bond acceptors (Lipinski definition) is 8. The number of sulfonamides is 1. The summed E-state index contributed by atoms with van der Waals surface area (Å²) < 4.78 is 73.1. The molecule has 33 heavy (non-hydrogen) atoms. The van der Waals surface area contributed by atoms with Crippen LogP contribution in [0.4, 0.5) is 19.0 Å². The number of hydrogen-bond donors (Lipinski definition) is 2. The number of aromatic nitrogens is 1. The number of carbonyl (C=O) groups is 1. The first kappa shape index (κ1) is 25.5. The quantitative estimate of drug-likeness (QED) is 0.314. The van der Waals surface area contributed by atoms with Gasteiger partial charge in [0.15, 0.2) is 4.75 Å². The van der Waals surface area contributed by atoms with E-state index >= 15 is 0 Å². The largest absolute Gasteiger partial charge is 0.492 e. The molecule has 2 aliphatic rings. The molecule has 2 saturated heterocycles. The lowest BCUT2D eigenvalue weighted by Crippen LogP contribution is -2.62. The van der Waals surface area contributed by atoms with Gasteiger partial charge in [0.2, 0.25) is 10.0 Å². The molecule has 0 aromatic carbocycles. The number of halogens is 3. The van der Waals surface area contributed by atoms with E-state index in [0.29, 0.717) is 24.7 Å². The predicted octanol–water partition coefficient (Wildman–Crippen LogP) is 1.31. The van der Waals surface area contributed by atoms with E-state index < -0.39 is 33.3 Å². The van der Waals surface area contributed by atoms with E-state index in [2.05, 4.69) is 4.98 Å². The van der Waals surface area contributed by atoms with Gasteiger partial charge < -0.3 is 14.4 Å². The van der Waals surface area contributed by atoms with Crippen molar-refractivity contribution < 1.29 is 41.1 Å². The molecular weight excluding hydrogens is 469 g/mol. The molecule has 2 aliphatic heterocycles. The summed E-state index contributed by atoms with van der Waals surface area (Å²) in [4.78, 5) is 18.5. The molecule has 10 nitrogen and oxygen atoms in total. The Bertz CT molecular complexity index is 899. The van der Waals surface area contributed by atoms with Crippen molar-refractivity contribution in [2.75, 3.05) is 50.9 Å². The second-order valence-corrected chi connectivity index (χ2v) is 10.1. The smallest absolute Gasteiger partial charge is 0.389 e. The molecule has 1 aromatic heterocycles. The second-order valence-electron chi connectivity index (χ2n) is 7.86. The van der Waals surface area contributed by atoms with Gasteiger partial charge in [0.05, 0.1) is 12.8 Å². The zero-order valence-electron chi connectivity index (χ0n) is 17.9. The Morgan fingerprint density at radius 1 is 1.21 bits per heavy atom. The standard InChI is InChI=1S/C19H27F3N4O6S/c20-19(21,22)4-1-11-32-15-2-3-16(23-14-15)25-7-9-26(10-8-25)33(29,30)18(17(27)24-28)5-12-31-13-6-18/h2-3,14,28H,1,4-13H2,(H,24,27). The lowest BCUT2D eigenvalue weighted by atomic mass is 9.98. The van der Waals surface area contributed by atoms with Crippen LogP contribution < -0.4 is 15.1 Å². The highest BCUT2D eigenvalue weighted by molar-refractivity contribution is 7.91.